The third-order valence-electron chi connectivity index (χ3n) is 3.65. The van der Waals surface area contributed by atoms with E-state index < -0.39 is 17.7 Å². The molecule has 19 heavy (non-hydrogen) atoms. The predicted octanol–water partition coefficient (Wildman–Crippen LogP) is 1.42. The van der Waals surface area contributed by atoms with Crippen molar-refractivity contribution in [2.75, 3.05) is 6.54 Å². The molecule has 1 fully saturated rings. The fourth-order valence-corrected chi connectivity index (χ4v) is 2.44. The van der Waals surface area contributed by atoms with E-state index in [1.165, 1.54) is 4.90 Å². The highest BCUT2D eigenvalue weighted by molar-refractivity contribution is 5.84. The van der Waals surface area contributed by atoms with Crippen LogP contribution in [0.4, 0.5) is 0 Å². The van der Waals surface area contributed by atoms with Gasteiger partial charge in [0.1, 0.15) is 6.04 Å². The second-order valence-corrected chi connectivity index (χ2v) is 4.97. The quantitative estimate of drug-likeness (QED) is 0.736. The average Bonchev–Trinajstić information content (AvgIpc) is 2.97. The number of carbonyl (C=O) groups is 2. The molecule has 0 aromatic heterocycles. The van der Waals surface area contributed by atoms with Gasteiger partial charge < -0.3 is 10.0 Å². The second-order valence-electron chi connectivity index (χ2n) is 4.97. The van der Waals surface area contributed by atoms with Crippen molar-refractivity contribution in [1.82, 2.24) is 4.90 Å². The molecule has 2 aliphatic heterocycles. The highest BCUT2D eigenvalue weighted by atomic mass is 16.4. The lowest BCUT2D eigenvalue weighted by Gasteiger charge is -2.21. The molecule has 0 spiro atoms. The van der Waals surface area contributed by atoms with Gasteiger partial charge in [0.2, 0.25) is 5.91 Å². The maximum absolute atomic E-state index is 12.0. The first kappa shape index (κ1) is 13.5. The zero-order valence-electron chi connectivity index (χ0n) is 10.7. The van der Waals surface area contributed by atoms with Crippen LogP contribution in [-0.2, 0) is 9.59 Å². The van der Waals surface area contributed by atoms with Crippen molar-refractivity contribution < 1.29 is 14.7 Å². The van der Waals surface area contributed by atoms with Crippen molar-refractivity contribution in [2.45, 2.75) is 50.2 Å². The standard InChI is InChI=1S/C13H17N3O3/c1-2-3-7-13(14-15-13)8-6-11(17)16-9-4-5-10(16)12(18)19/h1,10H,3-9H2,(H,18,19)/t10-/m0/s1. The number of amides is 1. The van der Waals surface area contributed by atoms with Crippen LogP contribution in [0, 0.1) is 12.3 Å². The minimum absolute atomic E-state index is 0.123. The lowest BCUT2D eigenvalue weighted by molar-refractivity contribution is -0.148. The second kappa shape index (κ2) is 5.39. The van der Waals surface area contributed by atoms with E-state index >= 15 is 0 Å². The Morgan fingerprint density at radius 2 is 2.16 bits per heavy atom. The minimum atomic E-state index is -0.923. The maximum Gasteiger partial charge on any atom is 0.326 e. The van der Waals surface area contributed by atoms with Gasteiger partial charge in [-0.15, -0.1) is 12.3 Å². The Morgan fingerprint density at radius 1 is 1.42 bits per heavy atom. The number of hydrogen-bond acceptors (Lipinski definition) is 4. The van der Waals surface area contributed by atoms with Gasteiger partial charge in [-0.05, 0) is 12.8 Å². The van der Waals surface area contributed by atoms with Gasteiger partial charge in [0.15, 0.2) is 5.66 Å². The molecule has 2 rings (SSSR count). The number of nitrogens with zero attached hydrogens (tertiary/aromatic N) is 3. The number of carboxylic acid groups (broad SMARTS) is 1. The number of carboxylic acids is 1. The zero-order valence-corrected chi connectivity index (χ0v) is 10.7. The lowest BCUT2D eigenvalue weighted by atomic mass is 10.0. The number of carbonyl (C=O) groups excluding carboxylic acids is 1. The number of aliphatic carboxylic acids is 1. The van der Waals surface area contributed by atoms with E-state index in [1.807, 2.05) is 0 Å². The Bertz CT molecular complexity index is 447. The van der Waals surface area contributed by atoms with Gasteiger partial charge in [-0.25, -0.2) is 4.79 Å². The summed E-state index contributed by atoms with van der Waals surface area (Å²) >= 11 is 0. The Hall–Kier alpha value is -1.90. The molecule has 2 heterocycles. The van der Waals surface area contributed by atoms with Crippen LogP contribution in [0.3, 0.4) is 0 Å². The van der Waals surface area contributed by atoms with Crippen LogP contribution < -0.4 is 0 Å². The first-order chi connectivity index (χ1) is 9.08. The molecule has 0 saturated carbocycles. The molecule has 0 unspecified atom stereocenters. The van der Waals surface area contributed by atoms with E-state index in [1.54, 1.807) is 0 Å². The number of rotatable bonds is 6. The fraction of sp³-hybridized carbons (Fsp3) is 0.692. The number of terminal acetylenes is 1. The van der Waals surface area contributed by atoms with Crippen LogP contribution in [0.1, 0.15) is 38.5 Å². The van der Waals surface area contributed by atoms with Gasteiger partial charge in [0.25, 0.3) is 0 Å². The van der Waals surface area contributed by atoms with Crippen molar-refractivity contribution >= 4 is 11.9 Å². The van der Waals surface area contributed by atoms with Gasteiger partial charge in [-0.1, -0.05) is 0 Å². The monoisotopic (exact) mass is 263 g/mol. The maximum atomic E-state index is 12.0. The summed E-state index contributed by atoms with van der Waals surface area (Å²) in [5.41, 5.74) is -0.472. The van der Waals surface area contributed by atoms with Gasteiger partial charge in [0.05, 0.1) is 0 Å². The summed E-state index contributed by atoms with van der Waals surface area (Å²) < 4.78 is 0. The van der Waals surface area contributed by atoms with E-state index in [9.17, 15) is 9.59 Å². The molecule has 1 saturated heterocycles. The first-order valence-electron chi connectivity index (χ1n) is 6.48. The summed E-state index contributed by atoms with van der Waals surface area (Å²) in [4.78, 5) is 24.5. The highest BCUT2D eigenvalue weighted by Crippen LogP contribution is 2.38. The van der Waals surface area contributed by atoms with E-state index in [0.717, 1.165) is 6.42 Å². The van der Waals surface area contributed by atoms with E-state index in [4.69, 9.17) is 11.5 Å². The van der Waals surface area contributed by atoms with Crippen molar-refractivity contribution in [3.8, 4) is 12.3 Å². The first-order valence-corrected chi connectivity index (χ1v) is 6.48. The topological polar surface area (TPSA) is 82.3 Å². The van der Waals surface area contributed by atoms with Gasteiger partial charge in [0, 0.05) is 32.2 Å². The summed E-state index contributed by atoms with van der Waals surface area (Å²) in [5, 5.41) is 17.0. The lowest BCUT2D eigenvalue weighted by Crippen LogP contribution is -2.40. The normalized spacial score (nSPS) is 23.1. The average molecular weight is 263 g/mol. The summed E-state index contributed by atoms with van der Waals surface area (Å²) in [6.45, 7) is 0.529. The van der Waals surface area contributed by atoms with Crippen LogP contribution in [0.15, 0.2) is 10.2 Å². The van der Waals surface area contributed by atoms with Crippen molar-refractivity contribution in [3.05, 3.63) is 0 Å². The molecule has 0 radical (unpaired) electrons. The number of hydrogen-bond donors (Lipinski definition) is 1. The Morgan fingerprint density at radius 3 is 2.74 bits per heavy atom. The smallest absolute Gasteiger partial charge is 0.326 e. The van der Waals surface area contributed by atoms with Gasteiger partial charge in [-0.3, -0.25) is 4.79 Å². The molecule has 0 aliphatic carbocycles. The largest absolute Gasteiger partial charge is 0.480 e. The molecule has 0 bridgehead atoms. The minimum Gasteiger partial charge on any atom is -0.480 e. The molecular formula is C13H17N3O3. The Kier molecular flexibility index (Phi) is 3.84. The zero-order chi connectivity index (χ0) is 13.9. The van der Waals surface area contributed by atoms with Crippen LogP contribution in [0.25, 0.3) is 0 Å². The van der Waals surface area contributed by atoms with Crippen molar-refractivity contribution in [2.24, 2.45) is 10.2 Å². The van der Waals surface area contributed by atoms with Gasteiger partial charge >= 0.3 is 5.97 Å². The molecule has 0 aromatic carbocycles. The highest BCUT2D eigenvalue weighted by Gasteiger charge is 2.41. The molecule has 102 valence electrons. The van der Waals surface area contributed by atoms with E-state index in [0.29, 0.717) is 32.2 Å². The molecule has 1 amide bonds. The molecule has 6 heteroatoms. The molecule has 6 nitrogen and oxygen atoms in total. The van der Waals surface area contributed by atoms with Crippen molar-refractivity contribution in [3.63, 3.8) is 0 Å². The van der Waals surface area contributed by atoms with Crippen LogP contribution in [0.5, 0.6) is 0 Å². The van der Waals surface area contributed by atoms with Crippen LogP contribution in [0.2, 0.25) is 0 Å². The Labute approximate surface area is 111 Å². The molecule has 1 N–H and O–H groups in total. The molecular weight excluding hydrogens is 246 g/mol. The summed E-state index contributed by atoms with van der Waals surface area (Å²) in [5.74, 6) is 1.49. The molecule has 1 atom stereocenters. The molecule has 2 aliphatic rings. The summed E-state index contributed by atoms with van der Waals surface area (Å²) in [6, 6.07) is -0.665. The van der Waals surface area contributed by atoms with Crippen molar-refractivity contribution in [1.29, 1.82) is 0 Å². The van der Waals surface area contributed by atoms with E-state index in [2.05, 4.69) is 16.1 Å². The number of likely N-dealkylation sites (tertiary alicyclic amines) is 1. The SMILES string of the molecule is C#CCCC1(CCC(=O)N2CCC[C@H]2C(=O)O)N=N1. The third-order valence-corrected chi connectivity index (χ3v) is 3.65. The van der Waals surface area contributed by atoms with Crippen LogP contribution >= 0.6 is 0 Å². The summed E-state index contributed by atoms with van der Waals surface area (Å²) in [6.07, 6.45) is 8.54. The predicted molar refractivity (Wildman–Crippen MR) is 67.3 cm³/mol. The Balaban J connectivity index is 1.82. The van der Waals surface area contributed by atoms with E-state index in [-0.39, 0.29) is 12.3 Å². The van der Waals surface area contributed by atoms with Gasteiger partial charge in [-0.2, -0.15) is 10.2 Å². The fourth-order valence-electron chi connectivity index (χ4n) is 2.44. The third kappa shape index (κ3) is 3.11. The van der Waals surface area contributed by atoms with Crippen LogP contribution in [-0.4, -0.2) is 40.1 Å². The summed E-state index contributed by atoms with van der Waals surface area (Å²) in [7, 11) is 0. The molecule has 0 aromatic rings.